The van der Waals surface area contributed by atoms with Crippen LogP contribution < -0.4 is 10.1 Å². The number of benzene rings is 2. The van der Waals surface area contributed by atoms with Gasteiger partial charge < -0.3 is 19.7 Å². The van der Waals surface area contributed by atoms with Gasteiger partial charge in [-0.15, -0.1) is 0 Å². The van der Waals surface area contributed by atoms with E-state index in [-0.39, 0.29) is 35.6 Å². The second kappa shape index (κ2) is 9.88. The summed E-state index contributed by atoms with van der Waals surface area (Å²) >= 11 is 5.85. The number of aryl methyl sites for hydroxylation is 1. The molecule has 0 aliphatic carbocycles. The number of carbonyl (C=O) groups is 2. The predicted molar refractivity (Wildman–Crippen MR) is 118 cm³/mol. The zero-order valence-corrected chi connectivity index (χ0v) is 18.5. The normalized spacial score (nSPS) is 22.2. The number of amides is 2. The number of fused-ring (bicyclic) bond motifs is 1. The second-order valence-corrected chi connectivity index (χ2v) is 8.52. The standard InChI is InChI=1S/C24H26ClFN2O4/c25-19-15-18(8-9-20(19)26)22(29)28-12-14-32-24(16-28)10-4-3-6-17-5-1-2-7-21(17)31-13-11-27-23(24)30/h1-2,5,7-9,15H,3-4,6,10-14,16H2,(H,27,30). The highest BCUT2D eigenvalue weighted by Gasteiger charge is 2.44. The molecule has 2 aliphatic heterocycles. The third kappa shape index (κ3) is 4.89. The van der Waals surface area contributed by atoms with Gasteiger partial charge in [0.15, 0.2) is 5.60 Å². The molecule has 1 saturated heterocycles. The summed E-state index contributed by atoms with van der Waals surface area (Å²) in [6, 6.07) is 11.8. The molecule has 0 saturated carbocycles. The van der Waals surface area contributed by atoms with E-state index in [9.17, 15) is 14.0 Å². The minimum Gasteiger partial charge on any atom is -0.491 e. The quantitative estimate of drug-likeness (QED) is 0.706. The van der Waals surface area contributed by atoms with E-state index < -0.39 is 11.4 Å². The Bertz CT molecular complexity index is 1000. The van der Waals surface area contributed by atoms with E-state index in [0.29, 0.717) is 26.1 Å². The third-order valence-electron chi connectivity index (χ3n) is 5.95. The summed E-state index contributed by atoms with van der Waals surface area (Å²) in [6.45, 7) is 1.40. The van der Waals surface area contributed by atoms with Crippen molar-refractivity contribution in [3.63, 3.8) is 0 Å². The number of nitrogens with one attached hydrogen (secondary N) is 1. The zero-order valence-electron chi connectivity index (χ0n) is 17.7. The van der Waals surface area contributed by atoms with Gasteiger partial charge in [0.1, 0.15) is 18.2 Å². The van der Waals surface area contributed by atoms with Crippen molar-refractivity contribution in [1.82, 2.24) is 10.2 Å². The summed E-state index contributed by atoms with van der Waals surface area (Å²) < 4.78 is 25.4. The van der Waals surface area contributed by atoms with Gasteiger partial charge in [-0.3, -0.25) is 9.59 Å². The molecule has 1 atom stereocenters. The summed E-state index contributed by atoms with van der Waals surface area (Å²) in [6.07, 6.45) is 2.95. The molecular formula is C24H26ClFN2O4. The van der Waals surface area contributed by atoms with Crippen LogP contribution in [0, 0.1) is 5.82 Å². The fourth-order valence-corrected chi connectivity index (χ4v) is 4.42. The van der Waals surface area contributed by atoms with Crippen molar-refractivity contribution < 1.29 is 23.5 Å². The van der Waals surface area contributed by atoms with Gasteiger partial charge in [-0.1, -0.05) is 29.8 Å². The number of rotatable bonds is 1. The maximum atomic E-state index is 13.5. The lowest BCUT2D eigenvalue weighted by atomic mass is 9.91. The van der Waals surface area contributed by atoms with Crippen molar-refractivity contribution in [2.75, 3.05) is 32.8 Å². The van der Waals surface area contributed by atoms with Gasteiger partial charge in [0, 0.05) is 12.1 Å². The van der Waals surface area contributed by atoms with Crippen LogP contribution in [0.1, 0.15) is 35.2 Å². The van der Waals surface area contributed by atoms with Crippen molar-refractivity contribution in [3.8, 4) is 5.75 Å². The highest BCUT2D eigenvalue weighted by Crippen LogP contribution is 2.28. The minimum absolute atomic E-state index is 0.108. The number of morpholine rings is 1. The average Bonchev–Trinajstić information content (AvgIpc) is 2.81. The molecule has 2 aromatic carbocycles. The first-order chi connectivity index (χ1) is 15.5. The first-order valence-corrected chi connectivity index (χ1v) is 11.2. The van der Waals surface area contributed by atoms with Crippen LogP contribution in [-0.4, -0.2) is 55.2 Å². The maximum absolute atomic E-state index is 13.5. The van der Waals surface area contributed by atoms with E-state index in [1.165, 1.54) is 18.2 Å². The molecule has 2 aromatic rings. The summed E-state index contributed by atoms with van der Waals surface area (Å²) in [5.74, 6) is -0.278. The van der Waals surface area contributed by atoms with E-state index >= 15 is 0 Å². The second-order valence-electron chi connectivity index (χ2n) is 8.12. The predicted octanol–water partition coefficient (Wildman–Crippen LogP) is 3.61. The molecular weight excluding hydrogens is 435 g/mol. The Balaban J connectivity index is 1.50. The van der Waals surface area contributed by atoms with Crippen LogP contribution in [0.5, 0.6) is 5.75 Å². The number of halogens is 2. The third-order valence-corrected chi connectivity index (χ3v) is 6.24. The Morgan fingerprint density at radius 2 is 2.00 bits per heavy atom. The Kier molecular flexibility index (Phi) is 6.96. The molecule has 0 bridgehead atoms. The van der Waals surface area contributed by atoms with Gasteiger partial charge in [-0.2, -0.15) is 0 Å². The Morgan fingerprint density at radius 3 is 2.84 bits per heavy atom. The van der Waals surface area contributed by atoms with E-state index in [1.54, 1.807) is 4.90 Å². The van der Waals surface area contributed by atoms with Crippen LogP contribution >= 0.6 is 11.6 Å². The van der Waals surface area contributed by atoms with Crippen LogP contribution in [0.4, 0.5) is 4.39 Å². The number of hydrogen-bond acceptors (Lipinski definition) is 4. The summed E-state index contributed by atoms with van der Waals surface area (Å²) in [4.78, 5) is 27.8. The molecule has 2 aliphatic rings. The van der Waals surface area contributed by atoms with Crippen LogP contribution in [0.3, 0.4) is 0 Å². The lowest BCUT2D eigenvalue weighted by molar-refractivity contribution is -0.159. The molecule has 2 heterocycles. The smallest absolute Gasteiger partial charge is 0.254 e. The first-order valence-electron chi connectivity index (χ1n) is 10.9. The van der Waals surface area contributed by atoms with Crippen molar-refractivity contribution in [2.45, 2.75) is 31.3 Å². The highest BCUT2D eigenvalue weighted by atomic mass is 35.5. The number of nitrogens with zero attached hydrogens (tertiary/aromatic N) is 1. The minimum atomic E-state index is -1.13. The molecule has 1 N–H and O–H groups in total. The Hall–Kier alpha value is -2.64. The highest BCUT2D eigenvalue weighted by molar-refractivity contribution is 6.31. The van der Waals surface area contributed by atoms with E-state index in [1.807, 2.05) is 18.2 Å². The van der Waals surface area contributed by atoms with Crippen molar-refractivity contribution in [2.24, 2.45) is 0 Å². The molecule has 0 aromatic heterocycles. The van der Waals surface area contributed by atoms with E-state index in [4.69, 9.17) is 21.1 Å². The van der Waals surface area contributed by atoms with Gasteiger partial charge in [-0.25, -0.2) is 4.39 Å². The van der Waals surface area contributed by atoms with Crippen molar-refractivity contribution in [1.29, 1.82) is 0 Å². The topological polar surface area (TPSA) is 67.9 Å². The number of hydrogen-bond donors (Lipinski definition) is 1. The van der Waals surface area contributed by atoms with Crippen LogP contribution in [0.15, 0.2) is 42.5 Å². The number of ether oxygens (including phenoxy) is 2. The lowest BCUT2D eigenvalue weighted by Gasteiger charge is -2.42. The molecule has 1 unspecified atom stereocenters. The van der Waals surface area contributed by atoms with Gasteiger partial charge in [-0.05, 0) is 55.5 Å². The Morgan fingerprint density at radius 1 is 1.16 bits per heavy atom. The van der Waals surface area contributed by atoms with Crippen molar-refractivity contribution >= 4 is 23.4 Å². The van der Waals surface area contributed by atoms with Gasteiger partial charge in [0.2, 0.25) is 0 Å². The van der Waals surface area contributed by atoms with Gasteiger partial charge in [0.25, 0.3) is 11.8 Å². The molecule has 2 amide bonds. The number of para-hydroxylation sites is 1. The molecule has 1 fully saturated rings. The average molecular weight is 461 g/mol. The number of carbonyl (C=O) groups excluding carboxylic acids is 2. The van der Waals surface area contributed by atoms with Gasteiger partial charge in [0.05, 0.1) is 24.7 Å². The van der Waals surface area contributed by atoms with E-state index in [2.05, 4.69) is 11.4 Å². The molecule has 170 valence electrons. The first kappa shape index (κ1) is 22.6. The van der Waals surface area contributed by atoms with Crippen LogP contribution in [0.2, 0.25) is 5.02 Å². The largest absolute Gasteiger partial charge is 0.491 e. The summed E-state index contributed by atoms with van der Waals surface area (Å²) in [7, 11) is 0. The SMILES string of the molecule is O=C(c1ccc(F)c(Cl)c1)N1CCOC2(CCCCc3ccccc3OCCNC2=O)C1. The fourth-order valence-electron chi connectivity index (χ4n) is 4.24. The van der Waals surface area contributed by atoms with Gasteiger partial charge >= 0.3 is 0 Å². The molecule has 8 heteroatoms. The van der Waals surface area contributed by atoms with Crippen LogP contribution in [-0.2, 0) is 16.0 Å². The van der Waals surface area contributed by atoms with Crippen molar-refractivity contribution in [3.05, 3.63) is 64.4 Å². The molecule has 0 radical (unpaired) electrons. The fraction of sp³-hybridized carbons (Fsp3) is 0.417. The molecule has 1 spiro atoms. The molecule has 4 rings (SSSR count). The monoisotopic (exact) mass is 460 g/mol. The summed E-state index contributed by atoms with van der Waals surface area (Å²) in [5.41, 5.74) is 0.297. The lowest BCUT2D eigenvalue weighted by Crippen LogP contribution is -2.61. The molecule has 32 heavy (non-hydrogen) atoms. The van der Waals surface area contributed by atoms with Crippen LogP contribution in [0.25, 0.3) is 0 Å². The molecule has 6 nitrogen and oxygen atoms in total. The zero-order chi connectivity index (χ0) is 22.6. The van der Waals surface area contributed by atoms with E-state index in [0.717, 1.165) is 30.6 Å². The maximum Gasteiger partial charge on any atom is 0.254 e. The summed E-state index contributed by atoms with van der Waals surface area (Å²) in [5, 5.41) is 2.80. The Labute approximate surface area is 191 Å².